The zero-order chi connectivity index (χ0) is 12.3. The van der Waals surface area contributed by atoms with Gasteiger partial charge in [0, 0.05) is 11.4 Å². The fourth-order valence-electron chi connectivity index (χ4n) is 1.86. The van der Waals surface area contributed by atoms with Gasteiger partial charge in [-0.2, -0.15) is 5.26 Å². The largest absolute Gasteiger partial charge is 0.494 e. The number of benzene rings is 1. The number of nitrogens with zero attached hydrogens (tertiary/aromatic N) is 2. The summed E-state index contributed by atoms with van der Waals surface area (Å²) in [7, 11) is 0. The summed E-state index contributed by atoms with van der Waals surface area (Å²) in [5.41, 5.74) is 8.18. The van der Waals surface area contributed by atoms with E-state index in [0.717, 1.165) is 11.4 Å². The number of nitriles is 1. The lowest BCUT2D eigenvalue weighted by Gasteiger charge is -2.18. The molecule has 2 rings (SSSR count). The van der Waals surface area contributed by atoms with E-state index in [0.29, 0.717) is 31.0 Å². The number of anilines is 1. The van der Waals surface area contributed by atoms with Gasteiger partial charge in [-0.3, -0.25) is 0 Å². The topological polar surface area (TPSA) is 62.3 Å². The zero-order valence-corrected chi connectivity index (χ0v) is 9.81. The van der Waals surface area contributed by atoms with Gasteiger partial charge in [-0.05, 0) is 31.2 Å². The molecule has 0 atom stereocenters. The Morgan fingerprint density at radius 2 is 2.06 bits per heavy atom. The molecule has 1 heterocycles. The van der Waals surface area contributed by atoms with Crippen molar-refractivity contribution in [1.29, 1.82) is 5.26 Å². The van der Waals surface area contributed by atoms with E-state index < -0.39 is 0 Å². The first-order chi connectivity index (χ1) is 8.24. The molecule has 0 bridgehead atoms. The molecular weight excluding hydrogens is 214 g/mol. The van der Waals surface area contributed by atoms with Crippen molar-refractivity contribution in [3.8, 4) is 11.8 Å². The van der Waals surface area contributed by atoms with Gasteiger partial charge in [-0.15, -0.1) is 0 Å². The minimum Gasteiger partial charge on any atom is -0.494 e. The zero-order valence-electron chi connectivity index (χ0n) is 9.81. The third-order valence-electron chi connectivity index (χ3n) is 2.75. The molecule has 0 saturated carbocycles. The molecule has 0 spiro atoms. The van der Waals surface area contributed by atoms with Crippen molar-refractivity contribution in [2.24, 2.45) is 5.73 Å². The Hall–Kier alpha value is -2.15. The Kier molecular flexibility index (Phi) is 3.20. The first-order valence-corrected chi connectivity index (χ1v) is 5.60. The Balaban J connectivity index is 2.08. The summed E-state index contributed by atoms with van der Waals surface area (Å²) in [5, 5.41) is 8.88. The second-order valence-corrected chi connectivity index (χ2v) is 3.90. The van der Waals surface area contributed by atoms with E-state index in [1.165, 1.54) is 0 Å². The molecular formula is C13H15N3O. The van der Waals surface area contributed by atoms with Gasteiger partial charge >= 0.3 is 0 Å². The molecule has 0 aromatic heterocycles. The summed E-state index contributed by atoms with van der Waals surface area (Å²) in [5.74, 6) is 0.858. The molecule has 0 radical (unpaired) electrons. The standard InChI is InChI=1S/C13H15N3O/c1-2-17-12-5-3-11(4-6-12)16-8-10(7-14)13(15)9-16/h3-6H,2,8-9,15H2,1H3. The van der Waals surface area contributed by atoms with Gasteiger partial charge in [0.15, 0.2) is 0 Å². The SMILES string of the molecule is CCOc1ccc(N2CC(N)=C(C#N)C2)cc1. The lowest BCUT2D eigenvalue weighted by Crippen LogP contribution is -2.21. The Bertz CT molecular complexity index is 470. The average Bonchev–Trinajstić information content (AvgIpc) is 2.72. The first-order valence-electron chi connectivity index (χ1n) is 5.60. The van der Waals surface area contributed by atoms with Crippen LogP contribution in [0.4, 0.5) is 5.69 Å². The predicted molar refractivity (Wildman–Crippen MR) is 66.7 cm³/mol. The van der Waals surface area contributed by atoms with Crippen LogP contribution in [0.3, 0.4) is 0 Å². The first kappa shape index (κ1) is 11.3. The minimum absolute atomic E-state index is 0.594. The van der Waals surface area contributed by atoms with Crippen molar-refractivity contribution < 1.29 is 4.74 Å². The van der Waals surface area contributed by atoms with Crippen LogP contribution in [0.2, 0.25) is 0 Å². The number of ether oxygens (including phenoxy) is 1. The summed E-state index contributed by atoms with van der Waals surface area (Å²) in [4.78, 5) is 2.07. The van der Waals surface area contributed by atoms with Crippen molar-refractivity contribution in [3.05, 3.63) is 35.5 Å². The van der Waals surface area contributed by atoms with Crippen LogP contribution in [-0.2, 0) is 0 Å². The van der Waals surface area contributed by atoms with Gasteiger partial charge in [0.2, 0.25) is 0 Å². The summed E-state index contributed by atoms with van der Waals surface area (Å²) in [6, 6.07) is 9.96. The van der Waals surface area contributed by atoms with Crippen LogP contribution in [-0.4, -0.2) is 19.7 Å². The highest BCUT2D eigenvalue weighted by atomic mass is 16.5. The van der Waals surface area contributed by atoms with Crippen LogP contribution < -0.4 is 15.4 Å². The summed E-state index contributed by atoms with van der Waals surface area (Å²) in [6.07, 6.45) is 0. The third-order valence-corrected chi connectivity index (χ3v) is 2.75. The van der Waals surface area contributed by atoms with E-state index in [1.54, 1.807) is 0 Å². The number of hydrogen-bond donors (Lipinski definition) is 1. The van der Waals surface area contributed by atoms with Gasteiger partial charge < -0.3 is 15.4 Å². The lowest BCUT2D eigenvalue weighted by molar-refractivity contribution is 0.340. The van der Waals surface area contributed by atoms with E-state index in [2.05, 4.69) is 11.0 Å². The monoisotopic (exact) mass is 229 g/mol. The molecule has 0 unspecified atom stereocenters. The molecule has 0 amide bonds. The molecule has 1 aromatic rings. The minimum atomic E-state index is 0.594. The number of hydrogen-bond acceptors (Lipinski definition) is 4. The molecule has 4 heteroatoms. The molecule has 0 aliphatic carbocycles. The Labute approximate surface area is 101 Å². The molecule has 1 aliphatic heterocycles. The molecule has 0 saturated heterocycles. The van der Waals surface area contributed by atoms with Crippen molar-refractivity contribution in [2.45, 2.75) is 6.92 Å². The molecule has 4 nitrogen and oxygen atoms in total. The van der Waals surface area contributed by atoms with Gasteiger partial charge in [0.1, 0.15) is 5.75 Å². The second kappa shape index (κ2) is 4.79. The van der Waals surface area contributed by atoms with Crippen molar-refractivity contribution in [3.63, 3.8) is 0 Å². The van der Waals surface area contributed by atoms with Crippen LogP contribution in [0.25, 0.3) is 0 Å². The highest BCUT2D eigenvalue weighted by Crippen LogP contribution is 2.24. The Morgan fingerprint density at radius 1 is 1.35 bits per heavy atom. The predicted octanol–water partition coefficient (Wildman–Crippen LogP) is 1.64. The maximum Gasteiger partial charge on any atom is 0.119 e. The van der Waals surface area contributed by atoms with E-state index in [4.69, 9.17) is 15.7 Å². The van der Waals surface area contributed by atoms with E-state index in [9.17, 15) is 0 Å². The summed E-state index contributed by atoms with van der Waals surface area (Å²) >= 11 is 0. The van der Waals surface area contributed by atoms with E-state index in [-0.39, 0.29) is 0 Å². The maximum atomic E-state index is 8.88. The Morgan fingerprint density at radius 3 is 2.59 bits per heavy atom. The van der Waals surface area contributed by atoms with Crippen molar-refractivity contribution in [2.75, 3.05) is 24.6 Å². The average molecular weight is 229 g/mol. The molecule has 0 fully saturated rings. The molecule has 1 aromatic carbocycles. The van der Waals surface area contributed by atoms with E-state index >= 15 is 0 Å². The highest BCUT2D eigenvalue weighted by molar-refractivity contribution is 5.55. The fourth-order valence-corrected chi connectivity index (χ4v) is 1.86. The molecule has 1 aliphatic rings. The summed E-state index contributed by atoms with van der Waals surface area (Å²) < 4.78 is 5.38. The number of rotatable bonds is 3. The van der Waals surface area contributed by atoms with Crippen molar-refractivity contribution >= 4 is 5.69 Å². The van der Waals surface area contributed by atoms with Gasteiger partial charge in [-0.1, -0.05) is 0 Å². The van der Waals surface area contributed by atoms with Crippen LogP contribution in [0.1, 0.15) is 6.92 Å². The van der Waals surface area contributed by atoms with Gasteiger partial charge in [0.25, 0.3) is 0 Å². The smallest absolute Gasteiger partial charge is 0.119 e. The second-order valence-electron chi connectivity index (χ2n) is 3.90. The summed E-state index contributed by atoms with van der Waals surface area (Å²) in [6.45, 7) is 3.83. The normalized spacial score (nSPS) is 14.9. The highest BCUT2D eigenvalue weighted by Gasteiger charge is 2.19. The van der Waals surface area contributed by atoms with Crippen LogP contribution >= 0.6 is 0 Å². The molecule has 88 valence electrons. The van der Waals surface area contributed by atoms with Crippen molar-refractivity contribution in [1.82, 2.24) is 0 Å². The lowest BCUT2D eigenvalue weighted by atomic mass is 10.2. The number of nitrogens with two attached hydrogens (primary N) is 1. The van der Waals surface area contributed by atoms with Crippen LogP contribution in [0.5, 0.6) is 5.75 Å². The van der Waals surface area contributed by atoms with E-state index in [1.807, 2.05) is 31.2 Å². The van der Waals surface area contributed by atoms with Crippen LogP contribution in [0, 0.1) is 11.3 Å². The fraction of sp³-hybridized carbons (Fsp3) is 0.308. The van der Waals surface area contributed by atoms with Gasteiger partial charge in [0.05, 0.1) is 31.3 Å². The molecule has 17 heavy (non-hydrogen) atoms. The van der Waals surface area contributed by atoms with Crippen LogP contribution in [0.15, 0.2) is 35.5 Å². The third kappa shape index (κ3) is 2.34. The quantitative estimate of drug-likeness (QED) is 0.855. The molecule has 2 N–H and O–H groups in total. The van der Waals surface area contributed by atoms with Gasteiger partial charge in [-0.25, -0.2) is 0 Å². The maximum absolute atomic E-state index is 8.88.